The van der Waals surface area contributed by atoms with Crippen LogP contribution in [0.5, 0.6) is 0 Å². The second kappa shape index (κ2) is 8.65. The fourth-order valence-corrected chi connectivity index (χ4v) is 5.08. The van der Waals surface area contributed by atoms with Gasteiger partial charge < -0.3 is 9.64 Å². The number of hydrogen-bond acceptors (Lipinski definition) is 4. The molecule has 0 spiro atoms. The third-order valence-electron chi connectivity index (χ3n) is 6.63. The molecule has 1 amide bonds. The summed E-state index contributed by atoms with van der Waals surface area (Å²) < 4.78 is 35.2. The molecule has 2 unspecified atom stereocenters. The van der Waals surface area contributed by atoms with Crippen LogP contribution in [0, 0.1) is 11.6 Å². The molecule has 7 heteroatoms. The van der Waals surface area contributed by atoms with E-state index in [1.807, 2.05) is 35.8 Å². The summed E-state index contributed by atoms with van der Waals surface area (Å²) in [6.45, 7) is 4.41. The average Bonchev–Trinajstić information content (AvgIpc) is 2.91. The Labute approximate surface area is 181 Å². The van der Waals surface area contributed by atoms with Crippen molar-refractivity contribution in [3.8, 4) is 0 Å². The van der Waals surface area contributed by atoms with E-state index in [2.05, 4.69) is 0 Å². The fourth-order valence-electron chi connectivity index (χ4n) is 5.08. The molecule has 0 aromatic heterocycles. The normalized spacial score (nSPS) is 21.1. The topological polar surface area (TPSA) is 58.8 Å². The number of methoxy groups -OCH3 is 1. The highest BCUT2D eigenvalue weighted by atomic mass is 19.1. The molecule has 4 rings (SSSR count). The fraction of sp³-hybridized carbons (Fsp3) is 0.458. The molecule has 2 N–H and O–H groups in total. The van der Waals surface area contributed by atoms with Gasteiger partial charge in [-0.15, -0.1) is 0 Å². The summed E-state index contributed by atoms with van der Waals surface area (Å²) in [6, 6.07) is 9.82. The van der Waals surface area contributed by atoms with Crippen molar-refractivity contribution in [3.63, 3.8) is 0 Å². The van der Waals surface area contributed by atoms with Crippen molar-refractivity contribution in [1.29, 1.82) is 0 Å². The van der Waals surface area contributed by atoms with E-state index in [1.165, 1.54) is 19.2 Å². The molecule has 1 fully saturated rings. The minimum atomic E-state index is -0.805. The predicted octanol–water partition coefficient (Wildman–Crippen LogP) is 3.01. The Hall–Kier alpha value is -2.35. The lowest BCUT2D eigenvalue weighted by Gasteiger charge is -2.47. The van der Waals surface area contributed by atoms with E-state index in [9.17, 15) is 13.6 Å². The Balaban J connectivity index is 1.92. The molecule has 2 aromatic rings. The van der Waals surface area contributed by atoms with E-state index in [0.29, 0.717) is 30.5 Å². The number of piperazine rings is 1. The number of nitrogens with two attached hydrogens (primary N) is 1. The van der Waals surface area contributed by atoms with E-state index in [4.69, 9.17) is 10.5 Å². The maximum atomic E-state index is 14.9. The van der Waals surface area contributed by atoms with Gasteiger partial charge in [0.25, 0.3) is 0 Å². The average molecular weight is 430 g/mol. The number of amides is 1. The van der Waals surface area contributed by atoms with E-state index < -0.39 is 6.35 Å². The maximum absolute atomic E-state index is 14.9. The zero-order valence-electron chi connectivity index (χ0n) is 18.1. The molecule has 1 aliphatic heterocycles. The highest BCUT2D eigenvalue weighted by Crippen LogP contribution is 2.41. The van der Waals surface area contributed by atoms with E-state index in [0.717, 1.165) is 11.1 Å². The van der Waals surface area contributed by atoms with Crippen molar-refractivity contribution in [3.05, 3.63) is 70.3 Å². The van der Waals surface area contributed by atoms with Crippen LogP contribution in [0.4, 0.5) is 8.78 Å². The minimum Gasteiger partial charge on any atom is -0.353 e. The molecule has 1 saturated heterocycles. The lowest BCUT2D eigenvalue weighted by molar-refractivity contribution is -0.151. The Bertz CT molecular complexity index is 928. The molecule has 2 aromatic carbocycles. The molecule has 31 heavy (non-hydrogen) atoms. The Morgan fingerprint density at radius 1 is 1.03 bits per heavy atom. The number of fused-ring (bicyclic) bond motifs is 2. The molecule has 0 saturated carbocycles. The van der Waals surface area contributed by atoms with Crippen molar-refractivity contribution in [2.75, 3.05) is 20.2 Å². The lowest BCUT2D eigenvalue weighted by atomic mass is 9.80. The summed E-state index contributed by atoms with van der Waals surface area (Å²) in [6.07, 6.45) is 0.0329. The van der Waals surface area contributed by atoms with Crippen molar-refractivity contribution in [1.82, 2.24) is 9.80 Å². The highest BCUT2D eigenvalue weighted by Gasteiger charge is 2.43. The van der Waals surface area contributed by atoms with Gasteiger partial charge in [-0.25, -0.2) is 8.78 Å². The lowest BCUT2D eigenvalue weighted by Crippen LogP contribution is -2.64. The summed E-state index contributed by atoms with van der Waals surface area (Å²) >= 11 is 0. The van der Waals surface area contributed by atoms with Crippen LogP contribution in [-0.2, 0) is 22.4 Å². The van der Waals surface area contributed by atoms with Crippen molar-refractivity contribution < 1.29 is 18.3 Å². The summed E-state index contributed by atoms with van der Waals surface area (Å²) in [7, 11) is 1.50. The first-order valence-corrected chi connectivity index (χ1v) is 10.7. The minimum absolute atomic E-state index is 0.000609. The van der Waals surface area contributed by atoms with E-state index >= 15 is 0 Å². The molecular formula is C24H29F2N3O2. The van der Waals surface area contributed by atoms with Gasteiger partial charge in [0.15, 0.2) is 6.35 Å². The molecule has 0 bridgehead atoms. The number of halogens is 2. The summed E-state index contributed by atoms with van der Waals surface area (Å²) in [4.78, 5) is 16.4. The standard InChI is InChI=1S/C24H29F2N3O2/c1-14(2)28-12-21(29(13-22(28)30)24(27)31-3)23-17-6-4-8-19(25)15(17)10-11-16-18(23)7-5-9-20(16)26/h4-9,14,21,23-24H,10-13,27H2,1-3H3. The zero-order valence-corrected chi connectivity index (χ0v) is 18.1. The number of benzene rings is 2. The smallest absolute Gasteiger partial charge is 0.237 e. The molecule has 5 nitrogen and oxygen atoms in total. The van der Waals surface area contributed by atoms with Gasteiger partial charge in [0.2, 0.25) is 5.91 Å². The second-order valence-electron chi connectivity index (χ2n) is 8.60. The van der Waals surface area contributed by atoms with Crippen LogP contribution >= 0.6 is 0 Å². The number of carbonyl (C=O) groups is 1. The SMILES string of the molecule is COC(N)N1CC(=O)N(C(C)C)CC1C1c2cccc(F)c2CCc2c(F)cccc21. The number of hydrogen-bond donors (Lipinski definition) is 1. The van der Waals surface area contributed by atoms with Crippen LogP contribution in [0.2, 0.25) is 0 Å². The molecule has 0 radical (unpaired) electrons. The molecule has 1 aliphatic carbocycles. The summed E-state index contributed by atoms with van der Waals surface area (Å²) in [5.41, 5.74) is 9.09. The summed E-state index contributed by atoms with van der Waals surface area (Å²) in [5.74, 6) is -0.961. The Kier molecular flexibility index (Phi) is 6.10. The molecule has 166 valence electrons. The van der Waals surface area contributed by atoms with Gasteiger partial charge in [-0.2, -0.15) is 0 Å². The van der Waals surface area contributed by atoms with Gasteiger partial charge >= 0.3 is 0 Å². The van der Waals surface area contributed by atoms with Gasteiger partial charge in [0.1, 0.15) is 11.6 Å². The van der Waals surface area contributed by atoms with E-state index in [-0.39, 0.29) is 42.1 Å². The number of carbonyl (C=O) groups excluding carboxylic acids is 1. The number of ether oxygens (including phenoxy) is 1. The monoisotopic (exact) mass is 429 g/mol. The largest absolute Gasteiger partial charge is 0.353 e. The van der Waals surface area contributed by atoms with Gasteiger partial charge in [0.05, 0.1) is 6.54 Å². The first-order valence-electron chi connectivity index (χ1n) is 10.7. The van der Waals surface area contributed by atoms with Crippen LogP contribution in [0.3, 0.4) is 0 Å². The molecule has 2 aliphatic rings. The van der Waals surface area contributed by atoms with Crippen LogP contribution in [0.25, 0.3) is 0 Å². The summed E-state index contributed by atoms with van der Waals surface area (Å²) in [5, 5.41) is 0. The molecule has 2 atom stereocenters. The quantitative estimate of drug-likeness (QED) is 0.760. The third-order valence-corrected chi connectivity index (χ3v) is 6.63. The van der Waals surface area contributed by atoms with Gasteiger partial charge in [-0.3, -0.25) is 15.4 Å². The maximum Gasteiger partial charge on any atom is 0.237 e. The zero-order chi connectivity index (χ0) is 22.3. The second-order valence-corrected chi connectivity index (χ2v) is 8.60. The van der Waals surface area contributed by atoms with Crippen LogP contribution < -0.4 is 5.73 Å². The predicted molar refractivity (Wildman–Crippen MR) is 114 cm³/mol. The first kappa shape index (κ1) is 21.9. The van der Waals surface area contributed by atoms with Crippen LogP contribution in [-0.4, -0.2) is 54.3 Å². The van der Waals surface area contributed by atoms with Gasteiger partial charge in [-0.1, -0.05) is 24.3 Å². The van der Waals surface area contributed by atoms with Crippen molar-refractivity contribution in [2.45, 2.75) is 51.0 Å². The highest BCUT2D eigenvalue weighted by molar-refractivity contribution is 5.79. The van der Waals surface area contributed by atoms with Crippen molar-refractivity contribution >= 4 is 5.91 Å². The number of rotatable bonds is 4. The third kappa shape index (κ3) is 3.86. The van der Waals surface area contributed by atoms with Gasteiger partial charge in [0, 0.05) is 31.7 Å². The molecular weight excluding hydrogens is 400 g/mol. The molecule has 1 heterocycles. The van der Waals surface area contributed by atoms with Crippen LogP contribution in [0.15, 0.2) is 36.4 Å². The Morgan fingerprint density at radius 2 is 1.58 bits per heavy atom. The first-order chi connectivity index (χ1) is 14.8. The van der Waals surface area contributed by atoms with Gasteiger partial charge in [-0.05, 0) is 61.1 Å². The van der Waals surface area contributed by atoms with Crippen LogP contribution in [0.1, 0.15) is 42.0 Å². The van der Waals surface area contributed by atoms with Crippen molar-refractivity contribution in [2.24, 2.45) is 5.73 Å². The van der Waals surface area contributed by atoms with E-state index in [1.54, 1.807) is 12.1 Å². The number of nitrogens with zero attached hydrogens (tertiary/aromatic N) is 2. The Morgan fingerprint density at radius 3 is 2.06 bits per heavy atom.